The molecule has 0 bridgehead atoms. The number of carbonyl (C=O) groups excluding carboxylic acids is 1. The van der Waals surface area contributed by atoms with Crippen LogP contribution in [-0.4, -0.2) is 33.6 Å². The zero-order valence-electron chi connectivity index (χ0n) is 12.9. The van der Waals surface area contributed by atoms with Gasteiger partial charge >= 0.3 is 6.03 Å². The van der Waals surface area contributed by atoms with Gasteiger partial charge in [-0.25, -0.2) is 9.78 Å². The van der Waals surface area contributed by atoms with Gasteiger partial charge in [-0.05, 0) is 57.8 Å². The van der Waals surface area contributed by atoms with Crippen molar-refractivity contribution in [2.45, 2.75) is 17.7 Å². The predicted molar refractivity (Wildman–Crippen MR) is 94.5 cm³/mol. The van der Waals surface area contributed by atoms with E-state index in [4.69, 9.17) is 10.7 Å². The summed E-state index contributed by atoms with van der Waals surface area (Å²) < 4.78 is 1.47. The molecule has 0 N–H and O–H groups in total. The van der Waals surface area contributed by atoms with Gasteiger partial charge in [0.25, 0.3) is 0 Å². The average molecular weight is 359 g/mol. The number of imidazole rings is 1. The van der Waals surface area contributed by atoms with E-state index in [1.165, 1.54) is 10.9 Å². The Balaban J connectivity index is 1.74. The van der Waals surface area contributed by atoms with E-state index < -0.39 is 0 Å². The second-order valence-corrected chi connectivity index (χ2v) is 6.52. The molecule has 1 aliphatic heterocycles. The molecule has 1 aliphatic rings. The van der Waals surface area contributed by atoms with Gasteiger partial charge in [0.2, 0.25) is 0 Å². The molecule has 24 heavy (non-hydrogen) atoms. The molecule has 0 aliphatic carbocycles. The van der Waals surface area contributed by atoms with Crippen LogP contribution in [0.4, 0.5) is 4.79 Å². The van der Waals surface area contributed by atoms with Crippen LogP contribution in [0.5, 0.6) is 0 Å². The third kappa shape index (κ3) is 3.48. The maximum atomic E-state index is 12.3. The Morgan fingerprint density at radius 3 is 2.50 bits per heavy atom. The highest BCUT2D eigenvalue weighted by molar-refractivity contribution is 8.21. The standard InChI is InChI=1S/C17H15ClN4OS/c18-24-15-3-1-13(2-4-15)16(11-19)14-5-8-21(9-6-14)17(23)22-10-7-20-12-22/h1-4,7,10,12H,5-6,8-9H2. The topological polar surface area (TPSA) is 61.9 Å². The van der Waals surface area contributed by atoms with Crippen molar-refractivity contribution in [1.29, 1.82) is 5.26 Å². The van der Waals surface area contributed by atoms with E-state index in [-0.39, 0.29) is 6.03 Å². The lowest BCUT2D eigenvalue weighted by Crippen LogP contribution is -2.38. The summed E-state index contributed by atoms with van der Waals surface area (Å²) in [7, 11) is 6.88. The van der Waals surface area contributed by atoms with E-state index >= 15 is 0 Å². The van der Waals surface area contributed by atoms with Crippen molar-refractivity contribution >= 4 is 33.3 Å². The summed E-state index contributed by atoms with van der Waals surface area (Å²) >= 11 is 0. The molecule has 0 radical (unpaired) electrons. The Morgan fingerprint density at radius 1 is 1.25 bits per heavy atom. The van der Waals surface area contributed by atoms with Crippen molar-refractivity contribution in [2.75, 3.05) is 13.1 Å². The van der Waals surface area contributed by atoms with E-state index in [1.54, 1.807) is 17.3 Å². The van der Waals surface area contributed by atoms with Gasteiger partial charge in [-0.1, -0.05) is 12.1 Å². The third-order valence-corrected chi connectivity index (χ3v) is 5.05. The third-order valence-electron chi connectivity index (χ3n) is 4.06. The summed E-state index contributed by atoms with van der Waals surface area (Å²) in [6.07, 6.45) is 6.14. The first-order valence-electron chi connectivity index (χ1n) is 7.51. The second kappa shape index (κ2) is 7.56. The van der Waals surface area contributed by atoms with Gasteiger partial charge in [0, 0.05) is 30.4 Å². The van der Waals surface area contributed by atoms with Crippen molar-refractivity contribution in [1.82, 2.24) is 14.5 Å². The predicted octanol–water partition coefficient (Wildman–Crippen LogP) is 4.17. The fourth-order valence-corrected chi connectivity index (χ4v) is 3.32. The molecule has 1 fully saturated rings. The number of hydrogen-bond donors (Lipinski definition) is 0. The lowest BCUT2D eigenvalue weighted by molar-refractivity contribution is 0.195. The molecule has 1 aromatic carbocycles. The Morgan fingerprint density at radius 2 is 1.96 bits per heavy atom. The van der Waals surface area contributed by atoms with Crippen LogP contribution in [-0.2, 0) is 0 Å². The minimum atomic E-state index is -0.0754. The normalized spacial score (nSPS) is 14.3. The molecule has 1 aromatic heterocycles. The minimum Gasteiger partial charge on any atom is -0.323 e. The fourth-order valence-electron chi connectivity index (χ4n) is 2.77. The van der Waals surface area contributed by atoms with Crippen LogP contribution in [0.1, 0.15) is 18.4 Å². The molecule has 0 atom stereocenters. The zero-order valence-corrected chi connectivity index (χ0v) is 14.4. The number of amides is 1. The van der Waals surface area contributed by atoms with E-state index in [0.717, 1.165) is 27.0 Å². The number of allylic oxidation sites excluding steroid dienone is 1. The molecule has 1 saturated heterocycles. The molecule has 5 nitrogen and oxygen atoms in total. The summed E-state index contributed by atoms with van der Waals surface area (Å²) in [4.78, 5) is 18.9. The maximum Gasteiger partial charge on any atom is 0.329 e. The van der Waals surface area contributed by atoms with Crippen LogP contribution in [0.3, 0.4) is 0 Å². The first kappa shape index (κ1) is 16.6. The molecule has 0 spiro atoms. The molecule has 0 saturated carbocycles. The second-order valence-electron chi connectivity index (χ2n) is 5.43. The number of rotatable bonds is 2. The highest BCUT2D eigenvalue weighted by Gasteiger charge is 2.22. The number of piperidine rings is 1. The lowest BCUT2D eigenvalue weighted by Gasteiger charge is -2.29. The quantitative estimate of drug-likeness (QED) is 0.756. The first-order chi connectivity index (χ1) is 11.7. The number of nitriles is 1. The highest BCUT2D eigenvalue weighted by Crippen LogP contribution is 2.29. The van der Waals surface area contributed by atoms with Gasteiger partial charge < -0.3 is 4.90 Å². The van der Waals surface area contributed by atoms with Crippen LogP contribution < -0.4 is 0 Å². The number of likely N-dealkylation sites (tertiary alicyclic amines) is 1. The maximum absolute atomic E-state index is 12.3. The van der Waals surface area contributed by atoms with Gasteiger partial charge in [-0.3, -0.25) is 4.57 Å². The summed E-state index contributed by atoms with van der Waals surface area (Å²) in [5, 5.41) is 9.55. The number of nitrogens with zero attached hydrogens (tertiary/aromatic N) is 4. The van der Waals surface area contributed by atoms with Gasteiger partial charge in [0.15, 0.2) is 0 Å². The van der Waals surface area contributed by atoms with Gasteiger partial charge in [0.1, 0.15) is 6.33 Å². The average Bonchev–Trinajstić information content (AvgIpc) is 3.17. The van der Waals surface area contributed by atoms with Gasteiger partial charge in [-0.2, -0.15) is 5.26 Å². The Bertz CT molecular complexity index is 783. The largest absolute Gasteiger partial charge is 0.329 e. The minimum absolute atomic E-state index is 0.0754. The van der Waals surface area contributed by atoms with Crippen LogP contribution in [0, 0.1) is 11.3 Å². The number of carbonyl (C=O) groups is 1. The van der Waals surface area contributed by atoms with Crippen LogP contribution >= 0.6 is 21.7 Å². The van der Waals surface area contributed by atoms with E-state index in [2.05, 4.69) is 11.1 Å². The Hall–Kier alpha value is -2.23. The zero-order chi connectivity index (χ0) is 16.9. The smallest absolute Gasteiger partial charge is 0.323 e. The van der Waals surface area contributed by atoms with Crippen LogP contribution in [0.25, 0.3) is 5.57 Å². The van der Waals surface area contributed by atoms with E-state index in [0.29, 0.717) is 31.5 Å². The van der Waals surface area contributed by atoms with Crippen molar-refractivity contribution in [3.05, 3.63) is 54.1 Å². The number of halogens is 1. The monoisotopic (exact) mass is 358 g/mol. The van der Waals surface area contributed by atoms with Gasteiger partial charge in [0.05, 0.1) is 11.6 Å². The molecule has 2 aromatic rings. The van der Waals surface area contributed by atoms with Crippen molar-refractivity contribution in [3.63, 3.8) is 0 Å². The molecule has 0 unspecified atom stereocenters. The number of benzene rings is 1. The summed E-state index contributed by atoms with van der Waals surface area (Å²) in [6.45, 7) is 1.21. The molecule has 2 heterocycles. The molecule has 7 heteroatoms. The van der Waals surface area contributed by atoms with E-state index in [9.17, 15) is 10.1 Å². The van der Waals surface area contributed by atoms with Crippen molar-refractivity contribution < 1.29 is 4.79 Å². The summed E-state index contributed by atoms with van der Waals surface area (Å²) in [5.74, 6) is 0. The Kier molecular flexibility index (Phi) is 5.24. The van der Waals surface area contributed by atoms with Crippen molar-refractivity contribution in [3.8, 4) is 6.07 Å². The van der Waals surface area contributed by atoms with E-state index in [1.807, 2.05) is 24.3 Å². The number of aromatic nitrogens is 2. The lowest BCUT2D eigenvalue weighted by atomic mass is 9.94. The van der Waals surface area contributed by atoms with Crippen molar-refractivity contribution in [2.24, 2.45) is 0 Å². The SMILES string of the molecule is N#CC(=C1CCN(C(=O)n2ccnc2)CC1)c1ccc(SCl)cc1. The molecule has 3 rings (SSSR count). The summed E-state index contributed by atoms with van der Waals surface area (Å²) in [6, 6.07) is 9.89. The number of hydrogen-bond acceptors (Lipinski definition) is 4. The first-order valence-corrected chi connectivity index (χ1v) is 9.15. The van der Waals surface area contributed by atoms with Crippen LogP contribution in [0.2, 0.25) is 0 Å². The molecular formula is C17H15ClN4OS. The fraction of sp³-hybridized carbons (Fsp3) is 0.235. The summed E-state index contributed by atoms with van der Waals surface area (Å²) in [5.41, 5.74) is 2.70. The molecule has 1 amide bonds. The Labute approximate surface area is 149 Å². The highest BCUT2D eigenvalue weighted by atomic mass is 35.7. The molecular weight excluding hydrogens is 344 g/mol. The van der Waals surface area contributed by atoms with Crippen LogP contribution in [0.15, 0.2) is 53.5 Å². The van der Waals surface area contributed by atoms with Gasteiger partial charge in [-0.15, -0.1) is 0 Å². The molecule has 122 valence electrons.